The highest BCUT2D eigenvalue weighted by Gasteiger charge is 2.50. The van der Waals surface area contributed by atoms with Crippen LogP contribution in [0.1, 0.15) is 18.0 Å². The Labute approximate surface area is 238 Å². The number of phosphoric ester groups is 2. The van der Waals surface area contributed by atoms with Crippen molar-refractivity contribution in [3.8, 4) is 0 Å². The number of nitrogen functional groups attached to an aromatic ring is 1. The quantitative estimate of drug-likeness (QED) is 0.0901. The summed E-state index contributed by atoms with van der Waals surface area (Å²) in [6.07, 6.45) is -5.17. The van der Waals surface area contributed by atoms with Crippen molar-refractivity contribution in [1.29, 1.82) is 1.43 Å². The van der Waals surface area contributed by atoms with Crippen LogP contribution < -0.4 is 10.3 Å². The lowest BCUT2D eigenvalue weighted by Gasteiger charge is -2.20. The number of nitrogens with zero attached hydrogens (tertiary/aromatic N) is 5. The molecule has 21 heteroatoms. The van der Waals surface area contributed by atoms with E-state index in [2.05, 4.69) is 24.4 Å². The van der Waals surface area contributed by atoms with Gasteiger partial charge in [-0.25, -0.2) is 24.1 Å². The molecule has 0 bridgehead atoms. The first-order valence-corrected chi connectivity index (χ1v) is 15.3. The van der Waals surface area contributed by atoms with Crippen molar-refractivity contribution in [2.45, 2.75) is 56.0 Å². The van der Waals surface area contributed by atoms with Gasteiger partial charge in [-0.2, -0.15) is 8.88 Å². The van der Waals surface area contributed by atoms with E-state index in [-0.39, 0.29) is 17.0 Å². The number of hydrogen-bond acceptors (Lipinski definition) is 15. The van der Waals surface area contributed by atoms with Gasteiger partial charge < -0.3 is 45.4 Å². The van der Waals surface area contributed by atoms with Crippen molar-refractivity contribution in [3.05, 3.63) is 42.7 Å². The highest BCUT2D eigenvalue weighted by molar-refractivity contribution is 7.61. The van der Waals surface area contributed by atoms with Gasteiger partial charge in [0.05, 0.1) is 19.5 Å². The van der Waals surface area contributed by atoms with Gasteiger partial charge in [0.1, 0.15) is 42.4 Å². The predicted octanol–water partition coefficient (Wildman–Crippen LogP) is -1.81. The second-order valence-electron chi connectivity index (χ2n) is 9.59. The van der Waals surface area contributed by atoms with Gasteiger partial charge in [0.25, 0.3) is 6.23 Å². The summed E-state index contributed by atoms with van der Waals surface area (Å²) in [5, 5.41) is 35.9. The number of imidazole rings is 1. The van der Waals surface area contributed by atoms with Crippen LogP contribution in [0.15, 0.2) is 37.2 Å². The van der Waals surface area contributed by atoms with Crippen LogP contribution in [0.25, 0.3) is 11.2 Å². The number of fused-ring (bicyclic) bond motifs is 1. The zero-order valence-electron chi connectivity index (χ0n) is 22.7. The van der Waals surface area contributed by atoms with E-state index in [4.69, 9.17) is 25.7 Å². The molecule has 0 aromatic carbocycles. The highest BCUT2D eigenvalue weighted by atomic mass is 31.3. The van der Waals surface area contributed by atoms with Crippen LogP contribution in [0.3, 0.4) is 0 Å². The van der Waals surface area contributed by atoms with Crippen molar-refractivity contribution in [1.82, 2.24) is 19.5 Å². The molecule has 2 saturated heterocycles. The maximum atomic E-state index is 12.5. The van der Waals surface area contributed by atoms with Crippen molar-refractivity contribution in [2.75, 3.05) is 18.9 Å². The molecule has 10 atom stereocenters. The van der Waals surface area contributed by atoms with E-state index < -0.39 is 77.9 Å². The molecular formula is C21H29N6O13P2+. The second-order valence-corrected chi connectivity index (χ2v) is 12.6. The van der Waals surface area contributed by atoms with Crippen LogP contribution in [0.4, 0.5) is 5.82 Å². The standard InChI is InChI=1S/C21H28N6O13P2/c1-10-3-2-4-26(5-10)20-16(30)14(28)11(38-20)6-36-41(32,33)40-42(34,35)37-7-12-15(29)17(31)21(39-12)27-9-25-13-18(22)23-8-24-19(13)27/h2-5,8-9,11-12,14-17,20-21,28-31H,6-7H2,1H3,(H3-,22,23,24,32,33,34,35)/p+1/t11-,12?,14-,15-,16-,17-,20-,21-/m1/s1/i31T. The van der Waals surface area contributed by atoms with Crippen LogP contribution in [0.2, 0.25) is 0 Å². The smallest absolute Gasteiger partial charge is 0.387 e. The van der Waals surface area contributed by atoms with Crippen molar-refractivity contribution < 1.29 is 66.7 Å². The number of aliphatic hydroxyl groups excluding tert-OH is 4. The number of anilines is 1. The number of rotatable bonds is 11. The van der Waals surface area contributed by atoms with Gasteiger partial charge in [-0.3, -0.25) is 13.6 Å². The fourth-order valence-corrected chi connectivity index (χ4v) is 6.63. The van der Waals surface area contributed by atoms with E-state index in [0.29, 0.717) is 0 Å². The number of aryl methyl sites for hydroxylation is 1. The summed E-state index contributed by atoms with van der Waals surface area (Å²) in [5.41, 5.74) is 7.02. The molecule has 2 aliphatic rings. The predicted molar refractivity (Wildman–Crippen MR) is 136 cm³/mol. The molecule has 0 radical (unpaired) electrons. The molecule has 8 N–H and O–H groups in total. The van der Waals surface area contributed by atoms with E-state index in [1.165, 1.54) is 15.5 Å². The van der Waals surface area contributed by atoms with Gasteiger partial charge in [0, 0.05) is 11.6 Å². The summed E-state index contributed by atoms with van der Waals surface area (Å²) in [5.74, 6) is 0.0645. The SMILES string of the molecule is [3H]O[C@@H]1[C@H](O)C(COP(=O)(O)OP(=O)(O)OC[C@H]2O[C@@H]([n+]3cccc(C)c3)[C@H](O)[C@@H]2O)O[C@H]1n1cnc2c(N)ncnc21. The molecule has 2 aliphatic heterocycles. The maximum absolute atomic E-state index is 12.5. The van der Waals surface area contributed by atoms with E-state index in [1.807, 2.05) is 0 Å². The summed E-state index contributed by atoms with van der Waals surface area (Å²) in [6, 6.07) is 3.49. The number of aromatic nitrogens is 5. The van der Waals surface area contributed by atoms with E-state index in [0.717, 1.165) is 11.9 Å². The monoisotopic (exact) mass is 637 g/mol. The van der Waals surface area contributed by atoms with Gasteiger partial charge in [0.15, 0.2) is 36.2 Å². The Hall–Kier alpha value is -2.48. The molecule has 3 unspecified atom stereocenters. The number of pyridine rings is 1. The Morgan fingerprint density at radius 3 is 2.38 bits per heavy atom. The minimum Gasteiger partial charge on any atom is -0.387 e. The summed E-state index contributed by atoms with van der Waals surface area (Å²) in [6.45, 7) is 0.133. The first-order chi connectivity index (χ1) is 20.3. The molecule has 230 valence electrons. The van der Waals surface area contributed by atoms with Crippen LogP contribution in [-0.2, 0) is 32.0 Å². The van der Waals surface area contributed by atoms with Gasteiger partial charge in [-0.05, 0) is 13.0 Å². The second kappa shape index (κ2) is 11.9. The highest BCUT2D eigenvalue weighted by Crippen LogP contribution is 2.60. The van der Waals surface area contributed by atoms with Crippen LogP contribution in [0.5, 0.6) is 0 Å². The minimum absolute atomic E-state index is 0.0645. The average Bonchev–Trinajstić information content (AvgIpc) is 3.60. The van der Waals surface area contributed by atoms with Gasteiger partial charge in [0.2, 0.25) is 1.43 Å². The number of phosphoric acid groups is 2. The van der Waals surface area contributed by atoms with Crippen LogP contribution in [0, 0.1) is 6.92 Å². The lowest BCUT2D eigenvalue weighted by atomic mass is 10.1. The van der Waals surface area contributed by atoms with E-state index >= 15 is 0 Å². The van der Waals surface area contributed by atoms with Gasteiger partial charge in [-0.1, -0.05) is 0 Å². The Bertz CT molecular complexity index is 1550. The Balaban J connectivity index is 1.17. The molecule has 42 heavy (non-hydrogen) atoms. The van der Waals surface area contributed by atoms with Crippen molar-refractivity contribution in [3.63, 3.8) is 0 Å². The average molecular weight is 637 g/mol. The molecule has 2 fully saturated rings. The first-order valence-electron chi connectivity index (χ1n) is 12.7. The molecule has 19 nitrogen and oxygen atoms in total. The molecule has 0 amide bonds. The number of aliphatic hydroxyl groups is 4. The summed E-state index contributed by atoms with van der Waals surface area (Å²) < 4.78 is 60.1. The molecule has 0 spiro atoms. The number of nitrogens with two attached hydrogens (primary N) is 1. The molecular weight excluding hydrogens is 606 g/mol. The topological polar surface area (TPSA) is 275 Å². The summed E-state index contributed by atoms with van der Waals surface area (Å²) in [7, 11) is -10.6. The third-order valence-corrected chi connectivity index (χ3v) is 9.19. The fraction of sp³-hybridized carbons (Fsp3) is 0.524. The third kappa shape index (κ3) is 6.39. The molecule has 5 heterocycles. The van der Waals surface area contributed by atoms with E-state index in [1.54, 1.807) is 31.5 Å². The molecule has 3 aromatic rings. The summed E-state index contributed by atoms with van der Waals surface area (Å²) >= 11 is 0. The fourth-order valence-electron chi connectivity index (χ4n) is 4.53. The van der Waals surface area contributed by atoms with Crippen molar-refractivity contribution >= 4 is 32.6 Å². The van der Waals surface area contributed by atoms with Gasteiger partial charge in [-0.15, -0.1) is 0 Å². The zero-order valence-corrected chi connectivity index (χ0v) is 23.5. The number of ether oxygens (including phenoxy) is 2. The normalized spacial score (nSPS) is 33.0. The van der Waals surface area contributed by atoms with Crippen LogP contribution in [-0.4, -0.2) is 101 Å². The molecule has 0 saturated carbocycles. The number of hydrogen-bond donors (Lipinski definition) is 7. The zero-order chi connectivity index (χ0) is 31.1. The maximum Gasteiger partial charge on any atom is 0.481 e. The van der Waals surface area contributed by atoms with Crippen molar-refractivity contribution in [2.24, 2.45) is 0 Å². The largest absolute Gasteiger partial charge is 0.481 e. The van der Waals surface area contributed by atoms with E-state index in [9.17, 15) is 34.2 Å². The lowest BCUT2D eigenvalue weighted by molar-refractivity contribution is -0.766. The van der Waals surface area contributed by atoms with Crippen LogP contribution >= 0.6 is 15.6 Å². The summed E-state index contributed by atoms with van der Waals surface area (Å²) in [4.78, 5) is 32.0. The van der Waals surface area contributed by atoms with Gasteiger partial charge >= 0.3 is 15.6 Å². The first kappa shape index (κ1) is 29.6. The third-order valence-electron chi connectivity index (χ3n) is 6.59. The Morgan fingerprint density at radius 1 is 1.05 bits per heavy atom. The molecule has 0 aliphatic carbocycles. The Morgan fingerprint density at radius 2 is 1.71 bits per heavy atom. The minimum atomic E-state index is -5.33. The molecule has 5 rings (SSSR count). The lowest BCUT2D eigenvalue weighted by Crippen LogP contribution is -2.45. The molecule has 3 aromatic heterocycles. The Kier molecular flexibility index (Phi) is 8.38.